The summed E-state index contributed by atoms with van der Waals surface area (Å²) in [4.78, 5) is 11.0. The fourth-order valence-electron chi connectivity index (χ4n) is 1.78. The van der Waals surface area contributed by atoms with Crippen molar-refractivity contribution in [2.45, 2.75) is 32.7 Å². The second-order valence-corrected chi connectivity index (χ2v) is 4.53. The fraction of sp³-hybridized carbons (Fsp3) is 0.900. The molecule has 1 aliphatic heterocycles. The Morgan fingerprint density at radius 2 is 2.29 bits per heavy atom. The molecule has 0 aliphatic carbocycles. The number of hydrogen-bond donors (Lipinski definition) is 2. The lowest BCUT2D eigenvalue weighted by atomic mass is 9.76. The number of carboxylic acids is 1. The Labute approximate surface area is 84.4 Å². The summed E-state index contributed by atoms with van der Waals surface area (Å²) < 4.78 is 5.31. The molecule has 0 aromatic rings. The third-order valence-corrected chi connectivity index (χ3v) is 3.09. The number of rotatable bonds is 3. The Balaban J connectivity index is 2.62. The highest BCUT2D eigenvalue weighted by Gasteiger charge is 2.39. The van der Waals surface area contributed by atoms with Gasteiger partial charge >= 0.3 is 5.97 Å². The van der Waals surface area contributed by atoms with Crippen molar-refractivity contribution in [3.05, 3.63) is 0 Å². The summed E-state index contributed by atoms with van der Waals surface area (Å²) in [5.74, 6) is -0.662. The van der Waals surface area contributed by atoms with Gasteiger partial charge in [0.25, 0.3) is 0 Å². The average Bonchev–Trinajstić information content (AvgIpc) is 2.17. The largest absolute Gasteiger partial charge is 0.481 e. The molecule has 0 spiro atoms. The molecular weight excluding hydrogens is 182 g/mol. The van der Waals surface area contributed by atoms with Gasteiger partial charge in [0.1, 0.15) is 0 Å². The van der Waals surface area contributed by atoms with Gasteiger partial charge in [0.2, 0.25) is 0 Å². The molecule has 0 amide bonds. The lowest BCUT2D eigenvalue weighted by Gasteiger charge is -2.35. The zero-order chi connectivity index (χ0) is 10.8. The van der Waals surface area contributed by atoms with E-state index in [9.17, 15) is 4.79 Å². The van der Waals surface area contributed by atoms with Crippen molar-refractivity contribution < 1.29 is 14.6 Å². The van der Waals surface area contributed by atoms with Crippen LogP contribution < -0.4 is 5.73 Å². The fourth-order valence-corrected chi connectivity index (χ4v) is 1.78. The van der Waals surface area contributed by atoms with E-state index >= 15 is 0 Å². The molecule has 0 aromatic heterocycles. The minimum absolute atomic E-state index is 0.176. The van der Waals surface area contributed by atoms with E-state index in [0.717, 1.165) is 19.4 Å². The van der Waals surface area contributed by atoms with Crippen LogP contribution in [0.25, 0.3) is 0 Å². The summed E-state index contributed by atoms with van der Waals surface area (Å²) in [6, 6.07) is -0.333. The van der Waals surface area contributed by atoms with Crippen LogP contribution >= 0.6 is 0 Å². The van der Waals surface area contributed by atoms with Crippen LogP contribution in [-0.4, -0.2) is 30.3 Å². The summed E-state index contributed by atoms with van der Waals surface area (Å²) in [5, 5.41) is 9.02. The van der Waals surface area contributed by atoms with Crippen molar-refractivity contribution >= 4 is 5.97 Å². The highest BCUT2D eigenvalue weighted by atomic mass is 16.5. The van der Waals surface area contributed by atoms with Crippen LogP contribution in [0.4, 0.5) is 0 Å². The molecule has 82 valence electrons. The van der Waals surface area contributed by atoms with Crippen LogP contribution in [0, 0.1) is 11.3 Å². The first-order valence-corrected chi connectivity index (χ1v) is 5.03. The molecule has 1 fully saturated rings. The maximum atomic E-state index is 11.0. The van der Waals surface area contributed by atoms with E-state index in [-0.39, 0.29) is 12.0 Å². The van der Waals surface area contributed by atoms with Gasteiger partial charge in [-0.2, -0.15) is 0 Å². The van der Waals surface area contributed by atoms with Crippen molar-refractivity contribution in [3.63, 3.8) is 0 Å². The van der Waals surface area contributed by atoms with E-state index in [1.165, 1.54) is 0 Å². The standard InChI is InChI=1S/C10H19NO3/c1-10(2,9(12)13)8(11)7-4-3-5-14-6-7/h7-8H,3-6,11H2,1-2H3,(H,12,13). The van der Waals surface area contributed by atoms with Crippen molar-refractivity contribution in [2.24, 2.45) is 17.1 Å². The minimum Gasteiger partial charge on any atom is -0.481 e. The first kappa shape index (κ1) is 11.5. The number of carboxylic acid groups (broad SMARTS) is 1. The van der Waals surface area contributed by atoms with Gasteiger partial charge in [0.15, 0.2) is 0 Å². The topological polar surface area (TPSA) is 72.5 Å². The molecule has 1 rings (SSSR count). The van der Waals surface area contributed by atoms with Crippen LogP contribution in [0.5, 0.6) is 0 Å². The van der Waals surface area contributed by atoms with E-state index in [0.29, 0.717) is 6.61 Å². The summed E-state index contributed by atoms with van der Waals surface area (Å²) in [6.07, 6.45) is 1.95. The second-order valence-electron chi connectivity index (χ2n) is 4.53. The summed E-state index contributed by atoms with van der Waals surface area (Å²) >= 11 is 0. The normalized spacial score (nSPS) is 25.8. The van der Waals surface area contributed by atoms with Crippen molar-refractivity contribution in [1.29, 1.82) is 0 Å². The van der Waals surface area contributed by atoms with Crippen LogP contribution in [0.1, 0.15) is 26.7 Å². The van der Waals surface area contributed by atoms with Crippen LogP contribution in [0.15, 0.2) is 0 Å². The SMILES string of the molecule is CC(C)(C(=O)O)C(N)C1CCCOC1. The van der Waals surface area contributed by atoms with E-state index in [1.54, 1.807) is 13.8 Å². The second kappa shape index (κ2) is 4.28. The average molecular weight is 201 g/mol. The molecule has 2 unspecified atom stereocenters. The molecule has 4 heteroatoms. The van der Waals surface area contributed by atoms with Gasteiger partial charge in [0, 0.05) is 12.6 Å². The Morgan fingerprint density at radius 3 is 2.71 bits per heavy atom. The van der Waals surface area contributed by atoms with Gasteiger partial charge in [0.05, 0.1) is 12.0 Å². The van der Waals surface area contributed by atoms with Crippen molar-refractivity contribution in [3.8, 4) is 0 Å². The molecule has 3 N–H and O–H groups in total. The Morgan fingerprint density at radius 1 is 1.64 bits per heavy atom. The molecule has 1 saturated heterocycles. The highest BCUT2D eigenvalue weighted by molar-refractivity contribution is 5.74. The Kier molecular flexibility index (Phi) is 3.50. The number of aliphatic carboxylic acids is 1. The maximum Gasteiger partial charge on any atom is 0.310 e. The Hall–Kier alpha value is -0.610. The summed E-state index contributed by atoms with van der Waals surface area (Å²) in [5.41, 5.74) is 5.10. The van der Waals surface area contributed by atoms with Crippen molar-refractivity contribution in [2.75, 3.05) is 13.2 Å². The molecule has 2 atom stereocenters. The van der Waals surface area contributed by atoms with Crippen molar-refractivity contribution in [1.82, 2.24) is 0 Å². The van der Waals surface area contributed by atoms with Crippen LogP contribution in [0.2, 0.25) is 0 Å². The third kappa shape index (κ3) is 2.25. The van der Waals surface area contributed by atoms with E-state index < -0.39 is 11.4 Å². The molecule has 0 radical (unpaired) electrons. The predicted octanol–water partition coefficient (Wildman–Crippen LogP) is 0.851. The van der Waals surface area contributed by atoms with Crippen LogP contribution in [-0.2, 0) is 9.53 Å². The van der Waals surface area contributed by atoms with Gasteiger partial charge in [-0.3, -0.25) is 4.79 Å². The van der Waals surface area contributed by atoms with E-state index in [4.69, 9.17) is 15.6 Å². The van der Waals surface area contributed by atoms with Gasteiger partial charge < -0.3 is 15.6 Å². The van der Waals surface area contributed by atoms with Crippen LogP contribution in [0.3, 0.4) is 0 Å². The van der Waals surface area contributed by atoms with Gasteiger partial charge in [-0.1, -0.05) is 0 Å². The number of carbonyl (C=O) groups is 1. The summed E-state index contributed by atoms with van der Waals surface area (Å²) in [6.45, 7) is 4.72. The number of nitrogens with two attached hydrogens (primary N) is 1. The van der Waals surface area contributed by atoms with Gasteiger partial charge in [-0.15, -0.1) is 0 Å². The lowest BCUT2D eigenvalue weighted by molar-refractivity contribution is -0.149. The first-order valence-electron chi connectivity index (χ1n) is 5.03. The molecule has 4 nitrogen and oxygen atoms in total. The molecule has 1 aliphatic rings. The zero-order valence-electron chi connectivity index (χ0n) is 8.82. The smallest absolute Gasteiger partial charge is 0.310 e. The Bertz CT molecular complexity index is 209. The third-order valence-electron chi connectivity index (χ3n) is 3.09. The monoisotopic (exact) mass is 201 g/mol. The predicted molar refractivity (Wildman–Crippen MR) is 52.9 cm³/mol. The number of hydrogen-bond acceptors (Lipinski definition) is 3. The van der Waals surface area contributed by atoms with E-state index in [2.05, 4.69) is 0 Å². The molecule has 0 saturated carbocycles. The van der Waals surface area contributed by atoms with Gasteiger partial charge in [-0.05, 0) is 32.6 Å². The molecule has 14 heavy (non-hydrogen) atoms. The first-order chi connectivity index (χ1) is 6.46. The molecule has 0 aromatic carbocycles. The highest BCUT2D eigenvalue weighted by Crippen LogP contribution is 2.29. The molecule has 0 bridgehead atoms. The minimum atomic E-state index is -0.870. The quantitative estimate of drug-likeness (QED) is 0.710. The summed E-state index contributed by atoms with van der Waals surface area (Å²) in [7, 11) is 0. The zero-order valence-corrected chi connectivity index (χ0v) is 8.82. The maximum absolute atomic E-state index is 11.0. The number of ether oxygens (including phenoxy) is 1. The molecular formula is C10H19NO3. The molecule has 1 heterocycles. The lowest BCUT2D eigenvalue weighted by Crippen LogP contribution is -2.50. The van der Waals surface area contributed by atoms with E-state index in [1.807, 2.05) is 0 Å². The van der Waals surface area contributed by atoms with Gasteiger partial charge in [-0.25, -0.2) is 0 Å².